The third-order valence-corrected chi connectivity index (χ3v) is 5.97. The van der Waals surface area contributed by atoms with Gasteiger partial charge in [0.15, 0.2) is 23.8 Å². The zero-order chi connectivity index (χ0) is 27.2. The van der Waals surface area contributed by atoms with Crippen LogP contribution in [0, 0.1) is 12.0 Å². The molecule has 1 amide bonds. The van der Waals surface area contributed by atoms with Gasteiger partial charge in [0.2, 0.25) is 5.82 Å². The lowest BCUT2D eigenvalue weighted by atomic mass is 10.1. The molecule has 38 heavy (non-hydrogen) atoms. The summed E-state index contributed by atoms with van der Waals surface area (Å²) in [6.45, 7) is 2.64. The lowest BCUT2D eigenvalue weighted by Gasteiger charge is -2.16. The Morgan fingerprint density at radius 1 is 1.18 bits per heavy atom. The molecule has 1 saturated heterocycles. The highest BCUT2D eigenvalue weighted by molar-refractivity contribution is 5.83. The van der Waals surface area contributed by atoms with Crippen molar-refractivity contribution < 1.29 is 29.3 Å². The number of benzene rings is 1. The summed E-state index contributed by atoms with van der Waals surface area (Å²) in [5.74, 6) is 2.18. The fraction of sp³-hybridized carbons (Fsp3) is 0.400. The highest BCUT2D eigenvalue weighted by atomic mass is 16.6. The number of hydrogen-bond acceptors (Lipinski definition) is 11. The fourth-order valence-corrected chi connectivity index (χ4v) is 3.99. The van der Waals surface area contributed by atoms with Crippen LogP contribution < -0.4 is 16.4 Å². The predicted octanol–water partition coefficient (Wildman–Crippen LogP) is -0.979. The van der Waals surface area contributed by atoms with Gasteiger partial charge < -0.3 is 36.1 Å². The molecule has 3 heterocycles. The Hall–Kier alpha value is -4.25. The van der Waals surface area contributed by atoms with Crippen molar-refractivity contribution in [2.45, 2.75) is 44.3 Å². The van der Waals surface area contributed by atoms with Crippen LogP contribution in [0.4, 0.5) is 5.82 Å². The van der Waals surface area contributed by atoms with E-state index in [0.717, 1.165) is 11.1 Å². The smallest absolute Gasteiger partial charge is 0.309 e. The first kappa shape index (κ1) is 26.8. The van der Waals surface area contributed by atoms with Gasteiger partial charge in [-0.15, -0.1) is 0 Å². The van der Waals surface area contributed by atoms with Crippen molar-refractivity contribution in [1.29, 1.82) is 0 Å². The molecule has 1 aromatic carbocycles. The van der Waals surface area contributed by atoms with Crippen molar-refractivity contribution in [3.05, 3.63) is 47.5 Å². The number of carbonyl (C=O) groups is 2. The van der Waals surface area contributed by atoms with Crippen molar-refractivity contribution in [2.24, 2.45) is 0 Å². The number of esters is 1. The van der Waals surface area contributed by atoms with Crippen LogP contribution in [-0.2, 0) is 31.9 Å². The topological polar surface area (TPSA) is 187 Å². The lowest BCUT2D eigenvalue weighted by Crippen LogP contribution is -2.42. The Bertz CT molecular complexity index is 1360. The second-order valence-electron chi connectivity index (χ2n) is 8.58. The van der Waals surface area contributed by atoms with E-state index < -0.39 is 30.4 Å². The molecule has 1 aliphatic rings. The Balaban J connectivity index is 1.42. The summed E-state index contributed by atoms with van der Waals surface area (Å²) < 4.78 is 11.7. The van der Waals surface area contributed by atoms with Crippen LogP contribution in [0.25, 0.3) is 11.2 Å². The van der Waals surface area contributed by atoms with Gasteiger partial charge in [0, 0.05) is 19.1 Å². The molecule has 0 radical (unpaired) electrons. The van der Waals surface area contributed by atoms with E-state index in [4.69, 9.17) is 10.5 Å². The molecule has 4 atom stereocenters. The van der Waals surface area contributed by atoms with Gasteiger partial charge in [-0.25, -0.2) is 15.0 Å². The summed E-state index contributed by atoms with van der Waals surface area (Å²) >= 11 is 0. The fourth-order valence-electron chi connectivity index (χ4n) is 3.99. The summed E-state index contributed by atoms with van der Waals surface area (Å²) in [6.07, 6.45) is -2.92. The minimum atomic E-state index is -1.43. The molecule has 13 nitrogen and oxygen atoms in total. The molecule has 13 heteroatoms. The quantitative estimate of drug-likeness (QED) is 0.106. The molecule has 0 bridgehead atoms. The molecule has 2 aromatic heterocycles. The summed E-state index contributed by atoms with van der Waals surface area (Å²) in [5, 5.41) is 26.4. The van der Waals surface area contributed by atoms with Crippen LogP contribution in [0.15, 0.2) is 30.6 Å². The number of imidazole rings is 1. The van der Waals surface area contributed by atoms with E-state index in [0.29, 0.717) is 19.5 Å². The standard InChI is InChI=1S/C25H29N7O6/c1-3-28-24(36)21-19(34)20(35)25(38-21)32-13-29-18-22(26)30-16(31-23(18)32)9-11-27-10-8-14-4-6-15(7-5-14)12-17(33)37-2/h4-7,13,19-21,25,27,34-35H,3,8,10,12H2,1-2H3,(H,28,36)(H2,26,30,31)/t19-,20+,21-,25+/m0/s1. The van der Waals surface area contributed by atoms with E-state index in [-0.39, 0.29) is 35.2 Å². The Labute approximate surface area is 218 Å². The first-order valence-corrected chi connectivity index (χ1v) is 12.0. The van der Waals surface area contributed by atoms with Crippen LogP contribution >= 0.6 is 0 Å². The monoisotopic (exact) mass is 523 g/mol. The van der Waals surface area contributed by atoms with Crippen molar-refractivity contribution in [3.63, 3.8) is 0 Å². The van der Waals surface area contributed by atoms with E-state index in [1.54, 1.807) is 6.92 Å². The Morgan fingerprint density at radius 2 is 1.92 bits per heavy atom. The molecular formula is C25H29N7O6. The molecule has 0 aliphatic carbocycles. The first-order valence-electron chi connectivity index (χ1n) is 12.0. The maximum Gasteiger partial charge on any atom is 0.309 e. The van der Waals surface area contributed by atoms with Crippen LogP contribution in [0.5, 0.6) is 0 Å². The second-order valence-corrected chi connectivity index (χ2v) is 8.58. The minimum Gasteiger partial charge on any atom is -0.469 e. The van der Waals surface area contributed by atoms with E-state index >= 15 is 0 Å². The number of methoxy groups -OCH3 is 1. The van der Waals surface area contributed by atoms with Gasteiger partial charge >= 0.3 is 5.97 Å². The van der Waals surface area contributed by atoms with Crippen molar-refractivity contribution in [2.75, 3.05) is 25.9 Å². The number of aliphatic hydroxyl groups excluding tert-OH is 2. The number of amides is 1. The SMILES string of the molecule is CCNC(=O)[C@H]1O[C@@H](n2cnc3c(N)nc(C#CNCCc4ccc(CC(=O)OC)cc4)nc32)[C@H](O)[C@@H]1O. The molecule has 1 aliphatic heterocycles. The van der Waals surface area contributed by atoms with Gasteiger partial charge in [0.05, 0.1) is 19.9 Å². The minimum absolute atomic E-state index is 0.0819. The van der Waals surface area contributed by atoms with Crippen LogP contribution in [0.3, 0.4) is 0 Å². The van der Waals surface area contributed by atoms with Gasteiger partial charge in [-0.2, -0.15) is 0 Å². The van der Waals surface area contributed by atoms with Gasteiger partial charge in [-0.1, -0.05) is 24.3 Å². The summed E-state index contributed by atoms with van der Waals surface area (Å²) in [7, 11) is 1.36. The number of likely N-dealkylation sites (N-methyl/N-ethyl adjacent to an activating group) is 1. The largest absolute Gasteiger partial charge is 0.469 e. The molecule has 0 saturated carbocycles. The average Bonchev–Trinajstić information content (AvgIpc) is 3.46. The van der Waals surface area contributed by atoms with Crippen molar-refractivity contribution >= 4 is 28.9 Å². The number of ether oxygens (including phenoxy) is 2. The highest BCUT2D eigenvalue weighted by Gasteiger charge is 2.47. The molecule has 0 spiro atoms. The summed E-state index contributed by atoms with van der Waals surface area (Å²) in [6, 6.07) is 10.5. The zero-order valence-electron chi connectivity index (χ0n) is 20.9. The normalized spacial score (nSPS) is 20.5. The number of nitrogens with zero attached hydrogens (tertiary/aromatic N) is 4. The summed E-state index contributed by atoms with van der Waals surface area (Å²) in [5.41, 5.74) is 8.50. The Morgan fingerprint density at radius 3 is 2.63 bits per heavy atom. The van der Waals surface area contributed by atoms with E-state index in [9.17, 15) is 19.8 Å². The van der Waals surface area contributed by atoms with Gasteiger partial charge in [-0.3, -0.25) is 14.2 Å². The molecule has 200 valence electrons. The van der Waals surface area contributed by atoms with E-state index in [1.807, 2.05) is 24.3 Å². The third kappa shape index (κ3) is 5.83. The number of nitrogen functional groups attached to an aromatic ring is 1. The number of aliphatic hydroxyl groups is 2. The highest BCUT2D eigenvalue weighted by Crippen LogP contribution is 2.32. The molecule has 6 N–H and O–H groups in total. The predicted molar refractivity (Wildman–Crippen MR) is 135 cm³/mol. The summed E-state index contributed by atoms with van der Waals surface area (Å²) in [4.78, 5) is 36.3. The number of rotatable bonds is 8. The lowest BCUT2D eigenvalue weighted by molar-refractivity contribution is -0.140. The second kappa shape index (κ2) is 11.9. The van der Waals surface area contributed by atoms with E-state index in [2.05, 4.69) is 42.3 Å². The van der Waals surface area contributed by atoms with Gasteiger partial charge in [0.25, 0.3) is 5.91 Å². The number of nitrogens with two attached hydrogens (primary N) is 1. The number of aromatic nitrogens is 4. The van der Waals surface area contributed by atoms with Crippen LogP contribution in [0.1, 0.15) is 30.1 Å². The van der Waals surface area contributed by atoms with Crippen LogP contribution in [0.2, 0.25) is 0 Å². The Kier molecular flexibility index (Phi) is 8.37. The number of carbonyl (C=O) groups excluding carboxylic acids is 2. The maximum absolute atomic E-state index is 12.2. The van der Waals surface area contributed by atoms with Crippen LogP contribution in [-0.4, -0.2) is 80.1 Å². The van der Waals surface area contributed by atoms with Gasteiger partial charge in [-0.05, 0) is 30.4 Å². The third-order valence-electron chi connectivity index (χ3n) is 5.97. The molecule has 1 fully saturated rings. The average molecular weight is 524 g/mol. The molecular weight excluding hydrogens is 494 g/mol. The molecule has 0 unspecified atom stereocenters. The molecule has 4 rings (SSSR count). The zero-order valence-corrected chi connectivity index (χ0v) is 20.9. The van der Waals surface area contributed by atoms with Gasteiger partial charge in [0.1, 0.15) is 17.7 Å². The number of nitrogens with one attached hydrogen (secondary N) is 2. The first-order chi connectivity index (χ1) is 18.3. The number of anilines is 1. The van der Waals surface area contributed by atoms with Crippen molar-refractivity contribution in [1.82, 2.24) is 30.2 Å². The number of fused-ring (bicyclic) bond motifs is 1. The number of hydrogen-bond donors (Lipinski definition) is 5. The molecule has 3 aromatic rings. The van der Waals surface area contributed by atoms with Crippen molar-refractivity contribution in [3.8, 4) is 12.0 Å². The van der Waals surface area contributed by atoms with E-state index in [1.165, 1.54) is 18.0 Å². The maximum atomic E-state index is 12.2.